The van der Waals surface area contributed by atoms with E-state index in [4.69, 9.17) is 0 Å². The predicted molar refractivity (Wildman–Crippen MR) is 59.3 cm³/mol. The molecule has 88 valence electrons. The third-order valence-corrected chi connectivity index (χ3v) is 2.41. The van der Waals surface area contributed by atoms with Crippen molar-refractivity contribution < 1.29 is 8.78 Å². The Balaban J connectivity index is 2.44. The number of aromatic nitrogens is 2. The van der Waals surface area contributed by atoms with Crippen molar-refractivity contribution >= 4 is 0 Å². The normalized spacial score (nSPS) is 12.4. The highest BCUT2D eigenvalue weighted by Gasteiger charge is 2.17. The van der Waals surface area contributed by atoms with Gasteiger partial charge in [0.05, 0.1) is 17.9 Å². The fraction of sp³-hybridized carbons (Fsp3) is 0.167. The zero-order valence-electron chi connectivity index (χ0n) is 9.19. The molecule has 0 aliphatic carbocycles. The van der Waals surface area contributed by atoms with Crippen LogP contribution in [0.25, 0.3) is 0 Å². The van der Waals surface area contributed by atoms with E-state index in [1.807, 2.05) is 0 Å². The van der Waals surface area contributed by atoms with Crippen LogP contribution in [0.4, 0.5) is 8.78 Å². The first kappa shape index (κ1) is 11.6. The van der Waals surface area contributed by atoms with Crippen LogP contribution in [0.2, 0.25) is 0 Å². The van der Waals surface area contributed by atoms with Crippen molar-refractivity contribution in [2.45, 2.75) is 6.04 Å². The van der Waals surface area contributed by atoms with Gasteiger partial charge < -0.3 is 5.32 Å². The third kappa shape index (κ3) is 2.45. The average Bonchev–Trinajstić information content (AvgIpc) is 2.33. The lowest BCUT2D eigenvalue weighted by atomic mass is 10.1. The predicted octanol–water partition coefficient (Wildman–Crippen LogP) is 2.06. The zero-order valence-corrected chi connectivity index (χ0v) is 9.19. The number of nitrogens with one attached hydrogen (secondary N) is 1. The van der Waals surface area contributed by atoms with Crippen molar-refractivity contribution in [1.82, 2.24) is 15.3 Å². The van der Waals surface area contributed by atoms with Crippen molar-refractivity contribution in [2.75, 3.05) is 7.05 Å². The maximum atomic E-state index is 13.6. The lowest BCUT2D eigenvalue weighted by molar-refractivity contribution is 0.554. The Morgan fingerprint density at radius 3 is 2.76 bits per heavy atom. The highest BCUT2D eigenvalue weighted by molar-refractivity contribution is 5.26. The van der Waals surface area contributed by atoms with Crippen LogP contribution in [-0.2, 0) is 0 Å². The molecule has 1 N–H and O–H groups in total. The first-order chi connectivity index (χ1) is 8.22. The Kier molecular flexibility index (Phi) is 3.39. The molecule has 5 heteroatoms. The van der Waals surface area contributed by atoms with E-state index < -0.39 is 17.7 Å². The molecule has 2 rings (SSSR count). The topological polar surface area (TPSA) is 37.8 Å². The molecule has 0 amide bonds. The van der Waals surface area contributed by atoms with Crippen LogP contribution in [-0.4, -0.2) is 17.0 Å². The van der Waals surface area contributed by atoms with Crippen LogP contribution in [0.3, 0.4) is 0 Å². The molecule has 0 saturated carbocycles. The molecule has 0 aromatic carbocycles. The monoisotopic (exact) mass is 235 g/mol. The molecular formula is C12H11F2N3. The summed E-state index contributed by atoms with van der Waals surface area (Å²) in [4.78, 5) is 7.71. The maximum Gasteiger partial charge on any atom is 0.146 e. The minimum Gasteiger partial charge on any atom is -0.308 e. The highest BCUT2D eigenvalue weighted by Crippen LogP contribution is 2.21. The van der Waals surface area contributed by atoms with E-state index >= 15 is 0 Å². The van der Waals surface area contributed by atoms with Gasteiger partial charge in [0, 0.05) is 12.4 Å². The second kappa shape index (κ2) is 4.97. The lowest BCUT2D eigenvalue weighted by Gasteiger charge is -2.16. The fourth-order valence-corrected chi connectivity index (χ4v) is 1.66. The Labute approximate surface area is 97.5 Å². The molecule has 0 aliphatic rings. The Hall–Kier alpha value is -1.88. The van der Waals surface area contributed by atoms with Gasteiger partial charge in [0.1, 0.15) is 11.6 Å². The molecule has 0 saturated heterocycles. The van der Waals surface area contributed by atoms with E-state index in [1.165, 1.54) is 30.6 Å². The molecule has 1 unspecified atom stereocenters. The molecule has 0 bridgehead atoms. The standard InChI is InChI=1S/C12H11F2N3/c1-15-11(8-5-9(13)7-16-6-8)12-10(14)3-2-4-17-12/h2-7,11,15H,1H3. The summed E-state index contributed by atoms with van der Waals surface area (Å²) in [5, 5.41) is 2.89. The summed E-state index contributed by atoms with van der Waals surface area (Å²) in [6.07, 6.45) is 4.08. The van der Waals surface area contributed by atoms with E-state index in [0.29, 0.717) is 5.56 Å². The molecule has 0 radical (unpaired) electrons. The molecule has 0 fully saturated rings. The summed E-state index contributed by atoms with van der Waals surface area (Å²) in [6.45, 7) is 0. The van der Waals surface area contributed by atoms with Gasteiger partial charge in [-0.15, -0.1) is 0 Å². The van der Waals surface area contributed by atoms with Gasteiger partial charge in [-0.1, -0.05) is 0 Å². The van der Waals surface area contributed by atoms with Crippen LogP contribution in [0.15, 0.2) is 36.8 Å². The SMILES string of the molecule is CNC(c1cncc(F)c1)c1ncccc1F. The van der Waals surface area contributed by atoms with Crippen LogP contribution in [0, 0.1) is 11.6 Å². The lowest BCUT2D eigenvalue weighted by Crippen LogP contribution is -2.20. The summed E-state index contributed by atoms with van der Waals surface area (Å²) < 4.78 is 26.7. The quantitative estimate of drug-likeness (QED) is 0.884. The molecule has 0 aliphatic heterocycles. The van der Waals surface area contributed by atoms with Gasteiger partial charge in [-0.2, -0.15) is 0 Å². The van der Waals surface area contributed by atoms with E-state index in [2.05, 4.69) is 15.3 Å². The minimum absolute atomic E-state index is 0.224. The van der Waals surface area contributed by atoms with Crippen LogP contribution in [0.5, 0.6) is 0 Å². The van der Waals surface area contributed by atoms with E-state index in [-0.39, 0.29) is 5.69 Å². The smallest absolute Gasteiger partial charge is 0.146 e. The van der Waals surface area contributed by atoms with E-state index in [1.54, 1.807) is 7.05 Å². The Morgan fingerprint density at radius 1 is 1.29 bits per heavy atom. The molecule has 3 nitrogen and oxygen atoms in total. The minimum atomic E-state index is -0.514. The average molecular weight is 235 g/mol. The largest absolute Gasteiger partial charge is 0.308 e. The zero-order chi connectivity index (χ0) is 12.3. The van der Waals surface area contributed by atoms with Crippen LogP contribution < -0.4 is 5.32 Å². The Morgan fingerprint density at radius 2 is 2.12 bits per heavy atom. The van der Waals surface area contributed by atoms with Gasteiger partial charge >= 0.3 is 0 Å². The second-order valence-corrected chi connectivity index (χ2v) is 3.53. The highest BCUT2D eigenvalue weighted by atomic mass is 19.1. The van der Waals surface area contributed by atoms with Gasteiger partial charge in [0.25, 0.3) is 0 Å². The molecular weight excluding hydrogens is 224 g/mol. The molecule has 2 aromatic rings. The molecule has 2 aromatic heterocycles. The summed E-state index contributed by atoms with van der Waals surface area (Å²) in [6, 6.07) is 3.62. The number of halogens is 2. The number of hydrogen-bond donors (Lipinski definition) is 1. The first-order valence-electron chi connectivity index (χ1n) is 5.10. The summed E-state index contributed by atoms with van der Waals surface area (Å²) in [5.41, 5.74) is 0.757. The number of rotatable bonds is 3. The van der Waals surface area contributed by atoms with Crippen molar-refractivity contribution in [1.29, 1.82) is 0 Å². The van der Waals surface area contributed by atoms with Gasteiger partial charge in [0.2, 0.25) is 0 Å². The van der Waals surface area contributed by atoms with Crippen LogP contribution >= 0.6 is 0 Å². The molecule has 0 spiro atoms. The van der Waals surface area contributed by atoms with E-state index in [0.717, 1.165) is 6.20 Å². The van der Waals surface area contributed by atoms with Gasteiger partial charge in [-0.05, 0) is 30.8 Å². The molecule has 1 atom stereocenters. The Bertz CT molecular complexity index is 517. The summed E-state index contributed by atoms with van der Waals surface area (Å²) >= 11 is 0. The van der Waals surface area contributed by atoms with Crippen molar-refractivity contribution in [3.05, 3.63) is 59.7 Å². The van der Waals surface area contributed by atoms with E-state index in [9.17, 15) is 8.78 Å². The van der Waals surface area contributed by atoms with Gasteiger partial charge in [-0.25, -0.2) is 8.78 Å². The fourth-order valence-electron chi connectivity index (χ4n) is 1.66. The molecule has 2 heterocycles. The number of hydrogen-bond acceptors (Lipinski definition) is 3. The van der Waals surface area contributed by atoms with Crippen molar-refractivity contribution in [3.8, 4) is 0 Å². The first-order valence-corrected chi connectivity index (χ1v) is 5.10. The summed E-state index contributed by atoms with van der Waals surface area (Å²) in [5.74, 6) is -0.893. The van der Waals surface area contributed by atoms with Crippen molar-refractivity contribution in [2.24, 2.45) is 0 Å². The third-order valence-electron chi connectivity index (χ3n) is 2.41. The van der Waals surface area contributed by atoms with Gasteiger partial charge in [-0.3, -0.25) is 9.97 Å². The molecule has 17 heavy (non-hydrogen) atoms. The summed E-state index contributed by atoms with van der Waals surface area (Å²) in [7, 11) is 1.66. The van der Waals surface area contributed by atoms with Gasteiger partial charge in [0.15, 0.2) is 0 Å². The van der Waals surface area contributed by atoms with Crippen molar-refractivity contribution in [3.63, 3.8) is 0 Å². The second-order valence-electron chi connectivity index (χ2n) is 3.53. The maximum absolute atomic E-state index is 13.6. The number of pyridine rings is 2. The van der Waals surface area contributed by atoms with Crippen LogP contribution in [0.1, 0.15) is 17.3 Å². The number of nitrogens with zero attached hydrogens (tertiary/aromatic N) is 2.